The van der Waals surface area contributed by atoms with Gasteiger partial charge in [0.2, 0.25) is 5.82 Å². The quantitative estimate of drug-likeness (QED) is 0.666. The average molecular weight is 329 g/mol. The molecular weight excluding hydrogens is 310 g/mol. The maximum Gasteiger partial charge on any atom is 0.313 e. The van der Waals surface area contributed by atoms with Crippen molar-refractivity contribution in [2.45, 2.75) is 0 Å². The van der Waals surface area contributed by atoms with Gasteiger partial charge >= 0.3 is 5.69 Å². The summed E-state index contributed by atoms with van der Waals surface area (Å²) in [7, 11) is 1.74. The second-order valence-electron chi connectivity index (χ2n) is 5.26. The van der Waals surface area contributed by atoms with Crippen LogP contribution in [0.5, 0.6) is 0 Å². The Labute approximate surface area is 139 Å². The van der Waals surface area contributed by atoms with Gasteiger partial charge in [-0.2, -0.15) is 0 Å². The Hall–Kier alpha value is -2.71. The SMILES string of the molecule is CNc1ccc([N+](=O)[O-])c(N(c2ccccc2)N2CCOCC2)n1. The molecule has 1 aromatic carbocycles. The van der Waals surface area contributed by atoms with E-state index in [1.165, 1.54) is 6.07 Å². The van der Waals surface area contributed by atoms with E-state index < -0.39 is 4.92 Å². The zero-order valence-corrected chi connectivity index (χ0v) is 13.4. The molecule has 0 saturated carbocycles. The number of rotatable bonds is 5. The minimum Gasteiger partial charge on any atom is -0.379 e. The number of ether oxygens (including phenoxy) is 1. The molecule has 1 saturated heterocycles. The van der Waals surface area contributed by atoms with Gasteiger partial charge in [0, 0.05) is 26.2 Å². The topological polar surface area (TPSA) is 83.8 Å². The third-order valence-electron chi connectivity index (χ3n) is 3.78. The van der Waals surface area contributed by atoms with Gasteiger partial charge in [-0.15, -0.1) is 0 Å². The van der Waals surface area contributed by atoms with E-state index in [-0.39, 0.29) is 5.69 Å². The minimum absolute atomic E-state index is 0.0376. The van der Waals surface area contributed by atoms with Gasteiger partial charge in [-0.05, 0) is 18.2 Å². The first-order valence-corrected chi connectivity index (χ1v) is 7.71. The summed E-state index contributed by atoms with van der Waals surface area (Å²) in [5, 5.41) is 18.3. The molecule has 24 heavy (non-hydrogen) atoms. The van der Waals surface area contributed by atoms with Crippen LogP contribution in [-0.2, 0) is 4.74 Å². The van der Waals surface area contributed by atoms with Crippen molar-refractivity contribution >= 4 is 23.0 Å². The number of hydrogen-bond acceptors (Lipinski definition) is 7. The highest BCUT2D eigenvalue weighted by Crippen LogP contribution is 2.34. The van der Waals surface area contributed by atoms with Crippen molar-refractivity contribution in [1.82, 2.24) is 9.99 Å². The van der Waals surface area contributed by atoms with Crippen molar-refractivity contribution < 1.29 is 9.66 Å². The summed E-state index contributed by atoms with van der Waals surface area (Å²) in [6, 6.07) is 12.6. The van der Waals surface area contributed by atoms with E-state index in [4.69, 9.17) is 4.74 Å². The number of nitrogens with zero attached hydrogens (tertiary/aromatic N) is 4. The number of hydrogen-bond donors (Lipinski definition) is 1. The summed E-state index contributed by atoms with van der Waals surface area (Å²) >= 11 is 0. The zero-order valence-electron chi connectivity index (χ0n) is 13.4. The molecule has 1 fully saturated rings. The van der Waals surface area contributed by atoms with E-state index >= 15 is 0 Å². The van der Waals surface area contributed by atoms with Crippen LogP contribution in [0.3, 0.4) is 0 Å². The third-order valence-corrected chi connectivity index (χ3v) is 3.78. The van der Waals surface area contributed by atoms with E-state index in [0.717, 1.165) is 5.69 Å². The molecule has 0 amide bonds. The lowest BCUT2D eigenvalue weighted by Gasteiger charge is -2.37. The maximum atomic E-state index is 11.5. The Kier molecular flexibility index (Phi) is 4.88. The summed E-state index contributed by atoms with van der Waals surface area (Å²) in [5.41, 5.74) is 0.785. The summed E-state index contributed by atoms with van der Waals surface area (Å²) in [5.74, 6) is 0.866. The van der Waals surface area contributed by atoms with Gasteiger partial charge in [-0.25, -0.2) is 9.99 Å². The molecule has 2 heterocycles. The van der Waals surface area contributed by atoms with Crippen LogP contribution in [0.25, 0.3) is 0 Å². The highest BCUT2D eigenvalue weighted by atomic mass is 16.6. The van der Waals surface area contributed by atoms with Gasteiger partial charge in [0.05, 0.1) is 23.8 Å². The standard InChI is InChI=1S/C16H19N5O3/c1-17-15-8-7-14(21(22)23)16(18-15)20(13-5-3-2-4-6-13)19-9-11-24-12-10-19/h2-8H,9-12H2,1H3,(H,17,18). The summed E-state index contributed by atoms with van der Waals surface area (Å²) in [6.45, 7) is 2.42. The Morgan fingerprint density at radius 2 is 1.92 bits per heavy atom. The van der Waals surface area contributed by atoms with Crippen LogP contribution in [0.1, 0.15) is 0 Å². The smallest absolute Gasteiger partial charge is 0.313 e. The van der Waals surface area contributed by atoms with Crippen LogP contribution >= 0.6 is 0 Å². The lowest BCUT2D eigenvalue weighted by Crippen LogP contribution is -2.47. The molecule has 2 aromatic rings. The Morgan fingerprint density at radius 1 is 1.21 bits per heavy atom. The molecule has 0 unspecified atom stereocenters. The van der Waals surface area contributed by atoms with Crippen LogP contribution in [0.2, 0.25) is 0 Å². The number of hydrazine groups is 1. The Morgan fingerprint density at radius 3 is 2.54 bits per heavy atom. The summed E-state index contributed by atoms with van der Waals surface area (Å²) in [4.78, 5) is 15.6. The number of benzene rings is 1. The molecule has 0 atom stereocenters. The first-order chi connectivity index (χ1) is 11.7. The van der Waals surface area contributed by atoms with E-state index in [0.29, 0.717) is 37.9 Å². The van der Waals surface area contributed by atoms with Gasteiger partial charge in [0.15, 0.2) is 0 Å². The van der Waals surface area contributed by atoms with Crippen LogP contribution in [0, 0.1) is 10.1 Å². The molecular formula is C16H19N5O3. The third kappa shape index (κ3) is 3.29. The normalized spacial score (nSPS) is 15.0. The highest BCUT2D eigenvalue weighted by Gasteiger charge is 2.29. The number of para-hydroxylation sites is 1. The Balaban J connectivity index is 2.12. The highest BCUT2D eigenvalue weighted by molar-refractivity contribution is 5.69. The van der Waals surface area contributed by atoms with Crippen LogP contribution in [0.15, 0.2) is 42.5 Å². The molecule has 3 rings (SSSR count). The van der Waals surface area contributed by atoms with E-state index in [9.17, 15) is 10.1 Å². The summed E-state index contributed by atoms with van der Waals surface area (Å²) < 4.78 is 5.41. The van der Waals surface area contributed by atoms with E-state index in [1.807, 2.05) is 40.3 Å². The number of pyridine rings is 1. The predicted molar refractivity (Wildman–Crippen MR) is 91.4 cm³/mol. The van der Waals surface area contributed by atoms with Crippen LogP contribution < -0.4 is 10.3 Å². The fourth-order valence-electron chi connectivity index (χ4n) is 2.62. The van der Waals surface area contributed by atoms with Gasteiger partial charge in [-0.1, -0.05) is 18.2 Å². The molecule has 1 N–H and O–H groups in total. The van der Waals surface area contributed by atoms with Crippen molar-refractivity contribution in [3.8, 4) is 0 Å². The second kappa shape index (κ2) is 7.24. The van der Waals surface area contributed by atoms with E-state index in [2.05, 4.69) is 10.3 Å². The van der Waals surface area contributed by atoms with Crippen molar-refractivity contribution in [3.05, 3.63) is 52.6 Å². The van der Waals surface area contributed by atoms with Crippen molar-refractivity contribution in [3.63, 3.8) is 0 Å². The number of nitrogens with one attached hydrogen (secondary N) is 1. The van der Waals surface area contributed by atoms with Crippen molar-refractivity contribution in [1.29, 1.82) is 0 Å². The molecule has 0 radical (unpaired) electrons. The number of anilines is 3. The average Bonchev–Trinajstić information content (AvgIpc) is 2.63. The van der Waals surface area contributed by atoms with Gasteiger partial charge in [0.1, 0.15) is 5.82 Å². The molecule has 1 aliphatic rings. The van der Waals surface area contributed by atoms with Crippen molar-refractivity contribution in [2.75, 3.05) is 43.7 Å². The van der Waals surface area contributed by atoms with Gasteiger partial charge in [-0.3, -0.25) is 15.1 Å². The van der Waals surface area contributed by atoms with Gasteiger partial charge in [0.25, 0.3) is 0 Å². The van der Waals surface area contributed by atoms with E-state index in [1.54, 1.807) is 13.1 Å². The maximum absolute atomic E-state index is 11.5. The fourth-order valence-corrected chi connectivity index (χ4v) is 2.62. The number of aromatic nitrogens is 1. The second-order valence-corrected chi connectivity index (χ2v) is 5.26. The monoisotopic (exact) mass is 329 g/mol. The fraction of sp³-hybridized carbons (Fsp3) is 0.312. The molecule has 8 nitrogen and oxygen atoms in total. The van der Waals surface area contributed by atoms with Crippen LogP contribution in [-0.4, -0.2) is 48.3 Å². The first-order valence-electron chi connectivity index (χ1n) is 7.71. The molecule has 1 aromatic heterocycles. The lowest BCUT2D eigenvalue weighted by atomic mass is 10.3. The van der Waals surface area contributed by atoms with Crippen LogP contribution in [0.4, 0.5) is 23.0 Å². The lowest BCUT2D eigenvalue weighted by molar-refractivity contribution is -0.384. The predicted octanol–water partition coefficient (Wildman–Crippen LogP) is 2.42. The largest absolute Gasteiger partial charge is 0.379 e. The minimum atomic E-state index is -0.405. The molecule has 126 valence electrons. The molecule has 8 heteroatoms. The first kappa shape index (κ1) is 16.2. The molecule has 0 aliphatic carbocycles. The number of morpholine rings is 1. The van der Waals surface area contributed by atoms with Crippen molar-refractivity contribution in [2.24, 2.45) is 0 Å². The Bertz CT molecular complexity index is 704. The number of nitro groups is 1. The molecule has 0 bridgehead atoms. The molecule has 1 aliphatic heterocycles. The molecule has 0 spiro atoms. The van der Waals surface area contributed by atoms with Gasteiger partial charge < -0.3 is 10.1 Å². The summed E-state index contributed by atoms with van der Waals surface area (Å²) in [6.07, 6.45) is 0. The zero-order chi connectivity index (χ0) is 16.9.